The predicted molar refractivity (Wildman–Crippen MR) is 81.5 cm³/mol. The van der Waals surface area contributed by atoms with E-state index in [4.69, 9.17) is 4.74 Å². The second-order valence-corrected chi connectivity index (χ2v) is 8.74. The summed E-state index contributed by atoms with van der Waals surface area (Å²) in [5, 5.41) is -0.170. The number of piperidine rings is 1. The Balaban J connectivity index is 1.53. The van der Waals surface area contributed by atoms with Gasteiger partial charge in [0.2, 0.25) is 10.0 Å². The van der Waals surface area contributed by atoms with Crippen molar-refractivity contribution >= 4 is 15.8 Å². The molecule has 1 aromatic rings. The van der Waals surface area contributed by atoms with Gasteiger partial charge in [0.15, 0.2) is 5.78 Å². The fourth-order valence-corrected chi connectivity index (χ4v) is 5.29. The summed E-state index contributed by atoms with van der Waals surface area (Å²) in [5.74, 6) is 0.734. The Bertz CT molecular complexity index is 715. The highest BCUT2D eigenvalue weighted by Gasteiger charge is 2.47. The maximum Gasteiger partial charge on any atom is 0.216 e. The average Bonchev–Trinajstić information content (AvgIpc) is 3.33. The number of ketones is 1. The molecule has 0 atom stereocenters. The lowest BCUT2D eigenvalue weighted by Gasteiger charge is -2.43. The molecule has 1 saturated carbocycles. The van der Waals surface area contributed by atoms with Crippen LogP contribution in [0.5, 0.6) is 5.75 Å². The van der Waals surface area contributed by atoms with Crippen LogP contribution in [0.1, 0.15) is 42.5 Å². The average molecular weight is 321 g/mol. The summed E-state index contributed by atoms with van der Waals surface area (Å²) in [6.07, 6.45) is 3.08. The van der Waals surface area contributed by atoms with Crippen LogP contribution in [-0.2, 0) is 10.0 Å². The molecule has 0 bridgehead atoms. The standard InChI is InChI=1S/C16H19NO4S/c18-14-11-16(21-15-4-2-1-3-13(14)15)7-9-17(10-8-16)22(19,20)12-5-6-12/h1-4,12H,5-11H2. The molecule has 1 saturated heterocycles. The lowest BCUT2D eigenvalue weighted by Crippen LogP contribution is -2.52. The highest BCUT2D eigenvalue weighted by atomic mass is 32.2. The summed E-state index contributed by atoms with van der Waals surface area (Å²) in [4.78, 5) is 12.3. The van der Waals surface area contributed by atoms with Crippen LogP contribution in [0.4, 0.5) is 0 Å². The molecular weight excluding hydrogens is 302 g/mol. The summed E-state index contributed by atoms with van der Waals surface area (Å²) >= 11 is 0. The van der Waals surface area contributed by atoms with Crippen LogP contribution in [-0.4, -0.2) is 42.4 Å². The molecule has 3 aliphatic rings. The number of ether oxygens (including phenoxy) is 1. The van der Waals surface area contributed by atoms with Crippen molar-refractivity contribution in [2.45, 2.75) is 43.0 Å². The van der Waals surface area contributed by atoms with E-state index in [2.05, 4.69) is 0 Å². The molecule has 2 fully saturated rings. The molecule has 0 amide bonds. The largest absolute Gasteiger partial charge is 0.486 e. The number of carbonyl (C=O) groups is 1. The minimum absolute atomic E-state index is 0.0975. The summed E-state index contributed by atoms with van der Waals surface area (Å²) in [6.45, 7) is 0.905. The molecule has 4 rings (SSSR count). The molecule has 0 N–H and O–H groups in total. The van der Waals surface area contributed by atoms with Crippen molar-refractivity contribution in [1.82, 2.24) is 4.31 Å². The monoisotopic (exact) mass is 321 g/mol. The first kappa shape index (κ1) is 14.2. The van der Waals surface area contributed by atoms with E-state index in [0.29, 0.717) is 43.7 Å². The molecule has 1 spiro atoms. The van der Waals surface area contributed by atoms with Gasteiger partial charge >= 0.3 is 0 Å². The third kappa shape index (κ3) is 2.25. The van der Waals surface area contributed by atoms with Crippen molar-refractivity contribution in [2.75, 3.05) is 13.1 Å². The van der Waals surface area contributed by atoms with E-state index in [1.54, 1.807) is 10.4 Å². The van der Waals surface area contributed by atoms with Crippen LogP contribution < -0.4 is 4.74 Å². The molecule has 2 aliphatic heterocycles. The van der Waals surface area contributed by atoms with Gasteiger partial charge in [-0.1, -0.05) is 12.1 Å². The molecule has 5 nitrogen and oxygen atoms in total. The van der Waals surface area contributed by atoms with Crippen LogP contribution in [0.3, 0.4) is 0 Å². The van der Waals surface area contributed by atoms with Gasteiger partial charge in [0.05, 0.1) is 17.2 Å². The molecule has 0 unspecified atom stereocenters. The number of sulfonamides is 1. The molecule has 0 radical (unpaired) electrons. The highest BCUT2D eigenvalue weighted by molar-refractivity contribution is 7.90. The summed E-state index contributed by atoms with van der Waals surface area (Å²) < 4.78 is 32.3. The zero-order valence-electron chi connectivity index (χ0n) is 12.3. The van der Waals surface area contributed by atoms with Crippen LogP contribution in [0.25, 0.3) is 0 Å². The van der Waals surface area contributed by atoms with Gasteiger partial charge in [-0.15, -0.1) is 0 Å². The number of hydrogen-bond donors (Lipinski definition) is 0. The first-order valence-corrected chi connectivity index (χ1v) is 9.31. The van der Waals surface area contributed by atoms with E-state index >= 15 is 0 Å². The fourth-order valence-electron chi connectivity index (χ4n) is 3.45. The molecule has 6 heteroatoms. The molecule has 22 heavy (non-hydrogen) atoms. The number of Topliss-reactive ketones (excluding diaryl/α,β-unsaturated/α-hetero) is 1. The van der Waals surface area contributed by atoms with Crippen LogP contribution in [0, 0.1) is 0 Å². The first-order chi connectivity index (χ1) is 10.5. The molecule has 1 aromatic carbocycles. The van der Waals surface area contributed by atoms with Gasteiger partial charge < -0.3 is 4.74 Å². The van der Waals surface area contributed by atoms with Gasteiger partial charge in [-0.05, 0) is 25.0 Å². The quantitative estimate of drug-likeness (QED) is 0.835. The van der Waals surface area contributed by atoms with Crippen molar-refractivity contribution in [3.8, 4) is 5.75 Å². The second-order valence-electron chi connectivity index (χ2n) is 6.52. The molecule has 2 heterocycles. The summed E-state index contributed by atoms with van der Waals surface area (Å²) in [5.41, 5.74) is 0.113. The zero-order chi connectivity index (χ0) is 15.4. The van der Waals surface area contributed by atoms with Crippen LogP contribution in [0.15, 0.2) is 24.3 Å². The van der Waals surface area contributed by atoms with Gasteiger partial charge in [0.25, 0.3) is 0 Å². The number of hydrogen-bond acceptors (Lipinski definition) is 4. The zero-order valence-corrected chi connectivity index (χ0v) is 13.1. The highest BCUT2D eigenvalue weighted by Crippen LogP contribution is 2.41. The van der Waals surface area contributed by atoms with Crippen molar-refractivity contribution in [1.29, 1.82) is 0 Å². The minimum Gasteiger partial charge on any atom is -0.486 e. The van der Waals surface area contributed by atoms with Gasteiger partial charge in [0.1, 0.15) is 11.4 Å². The normalized spacial score (nSPS) is 24.8. The number of carbonyl (C=O) groups excluding carboxylic acids is 1. The molecule has 1 aliphatic carbocycles. The summed E-state index contributed by atoms with van der Waals surface area (Å²) in [6, 6.07) is 7.30. The number of rotatable bonds is 2. The third-order valence-corrected chi connectivity index (χ3v) is 7.33. The van der Waals surface area contributed by atoms with E-state index in [1.165, 1.54) is 0 Å². The predicted octanol–water partition coefficient (Wildman–Crippen LogP) is 1.98. The van der Waals surface area contributed by atoms with E-state index in [1.807, 2.05) is 18.2 Å². The maximum absolute atomic E-state index is 12.3. The Hall–Kier alpha value is -1.40. The van der Waals surface area contributed by atoms with Crippen LogP contribution in [0.2, 0.25) is 0 Å². The van der Waals surface area contributed by atoms with Crippen molar-refractivity contribution in [3.63, 3.8) is 0 Å². The Kier molecular flexibility index (Phi) is 3.10. The number of benzene rings is 1. The van der Waals surface area contributed by atoms with Gasteiger partial charge in [0, 0.05) is 25.9 Å². The SMILES string of the molecule is O=C1CC2(CCN(S(=O)(=O)C3CC3)CC2)Oc2ccccc21. The fraction of sp³-hybridized carbons (Fsp3) is 0.562. The molecular formula is C16H19NO4S. The lowest BCUT2D eigenvalue weighted by atomic mass is 9.83. The van der Waals surface area contributed by atoms with E-state index in [9.17, 15) is 13.2 Å². The smallest absolute Gasteiger partial charge is 0.216 e. The topological polar surface area (TPSA) is 63.7 Å². The number of nitrogens with zero attached hydrogens (tertiary/aromatic N) is 1. The Labute approximate surface area is 130 Å². The van der Waals surface area contributed by atoms with Gasteiger partial charge in [-0.25, -0.2) is 12.7 Å². The minimum atomic E-state index is -3.13. The van der Waals surface area contributed by atoms with E-state index in [0.717, 1.165) is 12.8 Å². The summed E-state index contributed by atoms with van der Waals surface area (Å²) in [7, 11) is -3.13. The van der Waals surface area contributed by atoms with Gasteiger partial charge in [-0.2, -0.15) is 0 Å². The van der Waals surface area contributed by atoms with Crippen LogP contribution >= 0.6 is 0 Å². The Morgan fingerprint density at radius 3 is 2.50 bits per heavy atom. The van der Waals surface area contributed by atoms with Crippen molar-refractivity contribution in [2.24, 2.45) is 0 Å². The third-order valence-electron chi connectivity index (χ3n) is 4.94. The Morgan fingerprint density at radius 2 is 1.82 bits per heavy atom. The van der Waals surface area contributed by atoms with E-state index in [-0.39, 0.29) is 11.0 Å². The number of para-hydroxylation sites is 1. The lowest BCUT2D eigenvalue weighted by molar-refractivity contribution is 0.00589. The maximum atomic E-state index is 12.3. The number of fused-ring (bicyclic) bond motifs is 1. The second kappa shape index (κ2) is 4.80. The van der Waals surface area contributed by atoms with Crippen molar-refractivity contribution in [3.05, 3.63) is 29.8 Å². The van der Waals surface area contributed by atoms with Crippen molar-refractivity contribution < 1.29 is 17.9 Å². The first-order valence-electron chi connectivity index (χ1n) is 7.80. The molecule has 0 aromatic heterocycles. The van der Waals surface area contributed by atoms with Gasteiger partial charge in [-0.3, -0.25) is 4.79 Å². The van der Waals surface area contributed by atoms with E-state index < -0.39 is 15.6 Å². The molecule has 118 valence electrons. The Morgan fingerprint density at radius 1 is 1.14 bits per heavy atom.